The van der Waals surface area contributed by atoms with Gasteiger partial charge in [0.05, 0.1) is 7.11 Å². The fourth-order valence-corrected chi connectivity index (χ4v) is 3.83. The normalized spacial score (nSPS) is 25.1. The van der Waals surface area contributed by atoms with Gasteiger partial charge in [-0.25, -0.2) is 4.98 Å². The van der Waals surface area contributed by atoms with Gasteiger partial charge in [0.25, 0.3) is 0 Å². The van der Waals surface area contributed by atoms with Crippen molar-refractivity contribution in [1.29, 1.82) is 0 Å². The van der Waals surface area contributed by atoms with Gasteiger partial charge in [0, 0.05) is 37.3 Å². The first-order chi connectivity index (χ1) is 10.4. The zero-order chi connectivity index (χ0) is 14.2. The van der Waals surface area contributed by atoms with Crippen molar-refractivity contribution >= 4 is 16.6 Å². The summed E-state index contributed by atoms with van der Waals surface area (Å²) in [6.07, 6.45) is 4.52. The molecule has 2 aromatic rings. The number of pyridine rings is 1. The second kappa shape index (κ2) is 5.19. The van der Waals surface area contributed by atoms with Crippen molar-refractivity contribution in [2.75, 3.05) is 31.6 Å². The van der Waals surface area contributed by atoms with Crippen LogP contribution in [0, 0.1) is 5.92 Å². The first-order valence-electron chi connectivity index (χ1n) is 7.77. The molecule has 0 saturated carbocycles. The smallest absolute Gasteiger partial charge is 0.136 e. The molecule has 21 heavy (non-hydrogen) atoms. The molecule has 0 bridgehead atoms. The average Bonchev–Trinajstić information content (AvgIpc) is 3.02. The van der Waals surface area contributed by atoms with Gasteiger partial charge in [-0.3, -0.25) is 0 Å². The van der Waals surface area contributed by atoms with Gasteiger partial charge >= 0.3 is 0 Å². The van der Waals surface area contributed by atoms with Crippen molar-refractivity contribution in [1.82, 2.24) is 10.3 Å². The van der Waals surface area contributed by atoms with Gasteiger partial charge in [0.2, 0.25) is 0 Å². The molecule has 110 valence electrons. The Hall–Kier alpha value is -1.81. The standard InChI is InChI=1S/C17H21N3O/c1-21-14-4-5-15-12(9-14)6-7-19-17(15)20-8-2-3-13-10-18-11-16(13)20/h4-7,9,13,16,18H,2-3,8,10-11H2,1H3. The first-order valence-corrected chi connectivity index (χ1v) is 7.77. The van der Waals surface area contributed by atoms with Crippen molar-refractivity contribution in [3.63, 3.8) is 0 Å². The summed E-state index contributed by atoms with van der Waals surface area (Å²) in [5, 5.41) is 5.97. The maximum Gasteiger partial charge on any atom is 0.136 e. The van der Waals surface area contributed by atoms with Crippen LogP contribution in [0.1, 0.15) is 12.8 Å². The van der Waals surface area contributed by atoms with Gasteiger partial charge in [-0.15, -0.1) is 0 Å². The molecule has 2 saturated heterocycles. The summed E-state index contributed by atoms with van der Waals surface area (Å²) < 4.78 is 5.33. The van der Waals surface area contributed by atoms with E-state index in [-0.39, 0.29) is 0 Å². The molecular formula is C17H21N3O. The predicted octanol–water partition coefficient (Wildman–Crippen LogP) is 2.43. The second-order valence-electron chi connectivity index (χ2n) is 6.04. The van der Waals surface area contributed by atoms with E-state index in [2.05, 4.69) is 28.4 Å². The highest BCUT2D eigenvalue weighted by atomic mass is 16.5. The van der Waals surface area contributed by atoms with Gasteiger partial charge in [0.1, 0.15) is 11.6 Å². The molecule has 0 amide bonds. The lowest BCUT2D eigenvalue weighted by Crippen LogP contribution is -2.45. The molecule has 0 radical (unpaired) electrons. The fraction of sp³-hybridized carbons (Fsp3) is 0.471. The van der Waals surface area contributed by atoms with E-state index in [1.807, 2.05) is 12.3 Å². The molecule has 2 fully saturated rings. The largest absolute Gasteiger partial charge is 0.497 e. The van der Waals surface area contributed by atoms with Crippen LogP contribution in [-0.4, -0.2) is 37.8 Å². The number of aromatic nitrogens is 1. The summed E-state index contributed by atoms with van der Waals surface area (Å²) in [4.78, 5) is 7.22. The number of hydrogen-bond acceptors (Lipinski definition) is 4. The lowest BCUT2D eigenvalue weighted by molar-refractivity contribution is 0.384. The van der Waals surface area contributed by atoms with Gasteiger partial charge in [-0.1, -0.05) is 0 Å². The van der Waals surface area contributed by atoms with E-state index in [9.17, 15) is 0 Å². The number of nitrogens with one attached hydrogen (secondary N) is 1. The summed E-state index contributed by atoms with van der Waals surface area (Å²) in [6, 6.07) is 8.92. The Bertz CT molecular complexity index is 658. The van der Waals surface area contributed by atoms with Gasteiger partial charge in [0.15, 0.2) is 0 Å². The molecule has 2 aliphatic rings. The number of ether oxygens (including phenoxy) is 1. The topological polar surface area (TPSA) is 37.4 Å². The van der Waals surface area contributed by atoms with Crippen molar-refractivity contribution in [2.24, 2.45) is 5.92 Å². The molecule has 4 nitrogen and oxygen atoms in total. The molecule has 4 rings (SSSR count). The maximum atomic E-state index is 5.33. The number of hydrogen-bond donors (Lipinski definition) is 1. The highest BCUT2D eigenvalue weighted by Crippen LogP contribution is 2.34. The Labute approximate surface area is 125 Å². The molecule has 2 aliphatic heterocycles. The van der Waals surface area contributed by atoms with Gasteiger partial charge in [-0.2, -0.15) is 0 Å². The molecule has 0 aliphatic carbocycles. The minimum Gasteiger partial charge on any atom is -0.497 e. The Morgan fingerprint density at radius 2 is 2.24 bits per heavy atom. The number of methoxy groups -OCH3 is 1. The fourth-order valence-electron chi connectivity index (χ4n) is 3.83. The molecule has 2 atom stereocenters. The monoisotopic (exact) mass is 283 g/mol. The lowest BCUT2D eigenvalue weighted by atomic mass is 9.91. The molecule has 4 heteroatoms. The zero-order valence-corrected chi connectivity index (χ0v) is 12.4. The summed E-state index contributed by atoms with van der Waals surface area (Å²) in [6.45, 7) is 3.35. The minimum absolute atomic E-state index is 0.596. The summed E-state index contributed by atoms with van der Waals surface area (Å²) >= 11 is 0. The number of nitrogens with zero attached hydrogens (tertiary/aromatic N) is 2. The second-order valence-corrected chi connectivity index (χ2v) is 6.04. The van der Waals surface area contributed by atoms with E-state index >= 15 is 0 Å². The van der Waals surface area contributed by atoms with Crippen LogP contribution in [-0.2, 0) is 0 Å². The van der Waals surface area contributed by atoms with E-state index < -0.39 is 0 Å². The first kappa shape index (κ1) is 12.9. The molecule has 1 aromatic heterocycles. The number of anilines is 1. The number of benzene rings is 1. The van der Waals surface area contributed by atoms with E-state index in [0.717, 1.165) is 37.1 Å². The van der Waals surface area contributed by atoms with Crippen LogP contribution in [0.5, 0.6) is 5.75 Å². The van der Waals surface area contributed by atoms with Crippen LogP contribution in [0.4, 0.5) is 5.82 Å². The van der Waals surface area contributed by atoms with Crippen molar-refractivity contribution in [3.05, 3.63) is 30.5 Å². The molecule has 2 unspecified atom stereocenters. The van der Waals surface area contributed by atoms with Crippen LogP contribution in [0.15, 0.2) is 30.5 Å². The number of piperidine rings is 1. The molecule has 0 spiro atoms. The SMILES string of the molecule is COc1ccc2c(N3CCCC4CNCC43)nccc2c1. The predicted molar refractivity (Wildman–Crippen MR) is 85.0 cm³/mol. The van der Waals surface area contributed by atoms with E-state index in [4.69, 9.17) is 9.72 Å². The van der Waals surface area contributed by atoms with E-state index in [1.165, 1.54) is 23.6 Å². The maximum absolute atomic E-state index is 5.33. The highest BCUT2D eigenvalue weighted by Gasteiger charge is 2.36. The van der Waals surface area contributed by atoms with Crippen LogP contribution in [0.2, 0.25) is 0 Å². The Kier molecular flexibility index (Phi) is 3.19. The third-order valence-electron chi connectivity index (χ3n) is 4.90. The third kappa shape index (κ3) is 2.14. The summed E-state index contributed by atoms with van der Waals surface area (Å²) in [5.74, 6) is 2.81. The van der Waals surface area contributed by atoms with Crippen molar-refractivity contribution in [2.45, 2.75) is 18.9 Å². The zero-order valence-electron chi connectivity index (χ0n) is 12.4. The summed E-state index contributed by atoms with van der Waals surface area (Å²) in [5.41, 5.74) is 0. The van der Waals surface area contributed by atoms with Crippen LogP contribution >= 0.6 is 0 Å². The van der Waals surface area contributed by atoms with Crippen molar-refractivity contribution in [3.8, 4) is 5.75 Å². The highest BCUT2D eigenvalue weighted by molar-refractivity contribution is 5.93. The minimum atomic E-state index is 0.596. The van der Waals surface area contributed by atoms with E-state index in [0.29, 0.717) is 6.04 Å². The molecule has 3 heterocycles. The molecular weight excluding hydrogens is 262 g/mol. The van der Waals surface area contributed by atoms with Crippen LogP contribution in [0.3, 0.4) is 0 Å². The van der Waals surface area contributed by atoms with Crippen LogP contribution < -0.4 is 15.0 Å². The molecule has 1 N–H and O–H groups in total. The quantitative estimate of drug-likeness (QED) is 0.918. The number of rotatable bonds is 2. The van der Waals surface area contributed by atoms with Gasteiger partial charge in [-0.05, 0) is 48.4 Å². The Morgan fingerprint density at radius 3 is 3.14 bits per heavy atom. The average molecular weight is 283 g/mol. The number of fused-ring (bicyclic) bond motifs is 2. The van der Waals surface area contributed by atoms with Gasteiger partial charge < -0.3 is 15.0 Å². The third-order valence-corrected chi connectivity index (χ3v) is 4.90. The Morgan fingerprint density at radius 1 is 1.29 bits per heavy atom. The van der Waals surface area contributed by atoms with Crippen LogP contribution in [0.25, 0.3) is 10.8 Å². The lowest BCUT2D eigenvalue weighted by Gasteiger charge is -2.38. The Balaban J connectivity index is 1.78. The van der Waals surface area contributed by atoms with E-state index in [1.54, 1.807) is 7.11 Å². The summed E-state index contributed by atoms with van der Waals surface area (Å²) in [7, 11) is 1.71. The molecule has 1 aromatic carbocycles. The van der Waals surface area contributed by atoms with Crippen molar-refractivity contribution < 1.29 is 4.74 Å².